The van der Waals surface area contributed by atoms with Gasteiger partial charge < -0.3 is 4.90 Å². The van der Waals surface area contributed by atoms with Gasteiger partial charge in [0, 0.05) is 39.6 Å². The highest BCUT2D eigenvalue weighted by Gasteiger charge is 2.18. The number of halogens is 1. The molecule has 3 nitrogen and oxygen atoms in total. The van der Waals surface area contributed by atoms with Gasteiger partial charge in [-0.05, 0) is 0 Å². The lowest BCUT2D eigenvalue weighted by Gasteiger charge is -2.33. The zero-order valence-electron chi connectivity index (χ0n) is 7.92. The first kappa shape index (κ1) is 10.2. The Kier molecular flexibility index (Phi) is 3.42. The molecule has 1 saturated heterocycles. The van der Waals surface area contributed by atoms with Crippen LogP contribution in [0.3, 0.4) is 0 Å². The van der Waals surface area contributed by atoms with Crippen LogP contribution in [0.15, 0.2) is 12.4 Å². The van der Waals surface area contributed by atoms with Crippen molar-refractivity contribution in [2.75, 3.05) is 32.7 Å². The molecule has 0 aliphatic carbocycles. The molecule has 1 amide bonds. The molecule has 0 atom stereocenters. The van der Waals surface area contributed by atoms with E-state index in [9.17, 15) is 9.18 Å². The summed E-state index contributed by atoms with van der Waals surface area (Å²) in [5.41, 5.74) is 0. The molecule has 1 aliphatic rings. The van der Waals surface area contributed by atoms with E-state index in [1.807, 2.05) is 4.90 Å². The van der Waals surface area contributed by atoms with E-state index >= 15 is 0 Å². The van der Waals surface area contributed by atoms with E-state index in [4.69, 9.17) is 0 Å². The Labute approximate surface area is 77.8 Å². The number of nitrogens with zero attached hydrogens (tertiary/aromatic N) is 2. The molecule has 1 fully saturated rings. The molecule has 0 N–H and O–H groups in total. The van der Waals surface area contributed by atoms with Crippen LogP contribution < -0.4 is 0 Å². The number of carbonyl (C=O) groups is 1. The van der Waals surface area contributed by atoms with Gasteiger partial charge in [0.15, 0.2) is 0 Å². The first-order valence-electron chi connectivity index (χ1n) is 4.40. The fraction of sp³-hybridized carbons (Fsp3) is 0.667. The highest BCUT2D eigenvalue weighted by Crippen LogP contribution is 2.04. The molecule has 74 valence electrons. The first-order valence-corrected chi connectivity index (χ1v) is 4.40. The molecule has 13 heavy (non-hydrogen) atoms. The third-order valence-electron chi connectivity index (χ3n) is 2.21. The number of hydrogen-bond acceptors (Lipinski definition) is 2. The van der Waals surface area contributed by atoms with Crippen LogP contribution in [0.5, 0.6) is 0 Å². The lowest BCUT2D eigenvalue weighted by molar-refractivity contribution is -0.130. The van der Waals surface area contributed by atoms with Gasteiger partial charge in [-0.3, -0.25) is 9.69 Å². The van der Waals surface area contributed by atoms with Gasteiger partial charge in [-0.15, -0.1) is 0 Å². The van der Waals surface area contributed by atoms with Crippen LogP contribution >= 0.6 is 0 Å². The maximum Gasteiger partial charge on any atom is 0.219 e. The van der Waals surface area contributed by atoms with Crippen LogP contribution in [0.25, 0.3) is 0 Å². The molecule has 0 aromatic rings. The van der Waals surface area contributed by atoms with Crippen molar-refractivity contribution in [1.82, 2.24) is 9.80 Å². The van der Waals surface area contributed by atoms with Gasteiger partial charge in [-0.25, -0.2) is 4.39 Å². The molecule has 1 rings (SSSR count). The average Bonchev–Trinajstić information content (AvgIpc) is 2.04. The summed E-state index contributed by atoms with van der Waals surface area (Å²) in [6, 6.07) is 0. The molecular weight excluding hydrogens is 171 g/mol. The monoisotopic (exact) mass is 186 g/mol. The van der Waals surface area contributed by atoms with E-state index in [2.05, 4.69) is 6.58 Å². The maximum absolute atomic E-state index is 12.4. The minimum Gasteiger partial charge on any atom is -0.340 e. The number of rotatable bonds is 2. The molecule has 0 aromatic carbocycles. The van der Waals surface area contributed by atoms with Crippen LogP contribution in [0.4, 0.5) is 4.39 Å². The second kappa shape index (κ2) is 4.37. The van der Waals surface area contributed by atoms with E-state index in [1.165, 1.54) is 0 Å². The van der Waals surface area contributed by atoms with E-state index in [0.717, 1.165) is 13.1 Å². The Morgan fingerprint density at radius 2 is 1.92 bits per heavy atom. The van der Waals surface area contributed by atoms with Crippen LogP contribution in [0.2, 0.25) is 0 Å². The third kappa shape index (κ3) is 3.14. The fourth-order valence-electron chi connectivity index (χ4n) is 1.46. The first-order chi connectivity index (χ1) is 6.09. The van der Waals surface area contributed by atoms with E-state index < -0.39 is 0 Å². The van der Waals surface area contributed by atoms with Gasteiger partial charge >= 0.3 is 0 Å². The lowest BCUT2D eigenvalue weighted by atomic mass is 10.3. The van der Waals surface area contributed by atoms with Gasteiger partial charge in [-0.2, -0.15) is 0 Å². The Hall–Kier alpha value is -0.900. The Morgan fingerprint density at radius 1 is 1.38 bits per heavy atom. The summed E-state index contributed by atoms with van der Waals surface area (Å²) >= 11 is 0. The van der Waals surface area contributed by atoms with Gasteiger partial charge in [-0.1, -0.05) is 6.58 Å². The Balaban J connectivity index is 2.30. The van der Waals surface area contributed by atoms with Crippen molar-refractivity contribution in [3.8, 4) is 0 Å². The standard InChI is InChI=1S/C9H15FN2O/c1-8(10)7-11-3-5-12(6-4-11)9(2)13/h1,3-7H2,2H3. The van der Waals surface area contributed by atoms with Gasteiger partial charge in [0.05, 0.1) is 0 Å². The normalized spacial score (nSPS) is 18.8. The zero-order chi connectivity index (χ0) is 9.84. The number of piperazine rings is 1. The minimum absolute atomic E-state index is 0.0960. The second-order valence-corrected chi connectivity index (χ2v) is 3.30. The zero-order valence-corrected chi connectivity index (χ0v) is 7.92. The minimum atomic E-state index is -0.309. The largest absolute Gasteiger partial charge is 0.340 e. The highest BCUT2D eigenvalue weighted by atomic mass is 19.1. The summed E-state index contributed by atoms with van der Waals surface area (Å²) in [4.78, 5) is 14.7. The highest BCUT2D eigenvalue weighted by molar-refractivity contribution is 5.73. The van der Waals surface area contributed by atoms with Crippen molar-refractivity contribution in [2.24, 2.45) is 0 Å². The number of carbonyl (C=O) groups excluding carboxylic acids is 1. The molecular formula is C9H15FN2O. The van der Waals surface area contributed by atoms with Crippen LogP contribution in [-0.2, 0) is 4.79 Å². The van der Waals surface area contributed by atoms with Crippen molar-refractivity contribution >= 4 is 5.91 Å². The predicted molar refractivity (Wildman–Crippen MR) is 48.9 cm³/mol. The van der Waals surface area contributed by atoms with Crippen molar-refractivity contribution in [1.29, 1.82) is 0 Å². The van der Waals surface area contributed by atoms with Crippen LogP contribution in [0.1, 0.15) is 6.92 Å². The van der Waals surface area contributed by atoms with Gasteiger partial charge in [0.25, 0.3) is 0 Å². The quantitative estimate of drug-likeness (QED) is 0.631. The van der Waals surface area contributed by atoms with E-state index in [0.29, 0.717) is 19.6 Å². The summed E-state index contributed by atoms with van der Waals surface area (Å²) in [6.45, 7) is 7.94. The summed E-state index contributed by atoms with van der Waals surface area (Å²) < 4.78 is 12.4. The van der Waals surface area contributed by atoms with Crippen molar-refractivity contribution < 1.29 is 9.18 Å². The molecule has 4 heteroatoms. The van der Waals surface area contributed by atoms with Crippen molar-refractivity contribution in [2.45, 2.75) is 6.92 Å². The van der Waals surface area contributed by atoms with Crippen molar-refractivity contribution in [3.63, 3.8) is 0 Å². The lowest BCUT2D eigenvalue weighted by Crippen LogP contribution is -2.48. The Bertz CT molecular complexity index is 210. The van der Waals surface area contributed by atoms with E-state index in [-0.39, 0.29) is 11.7 Å². The predicted octanol–water partition coefficient (Wildman–Crippen LogP) is 0.634. The SMILES string of the molecule is C=C(F)CN1CCN(C(C)=O)CC1. The number of amides is 1. The summed E-state index contributed by atoms with van der Waals surface area (Å²) in [6.07, 6.45) is 0. The molecule has 1 aliphatic heterocycles. The van der Waals surface area contributed by atoms with Crippen LogP contribution in [-0.4, -0.2) is 48.4 Å². The number of hydrogen-bond donors (Lipinski definition) is 0. The summed E-state index contributed by atoms with van der Waals surface area (Å²) in [5, 5.41) is 0. The van der Waals surface area contributed by atoms with Crippen molar-refractivity contribution in [3.05, 3.63) is 12.4 Å². The smallest absolute Gasteiger partial charge is 0.219 e. The van der Waals surface area contributed by atoms with Gasteiger partial charge in [0.2, 0.25) is 5.91 Å². The third-order valence-corrected chi connectivity index (χ3v) is 2.21. The molecule has 0 bridgehead atoms. The van der Waals surface area contributed by atoms with Gasteiger partial charge in [0.1, 0.15) is 5.83 Å². The molecule has 0 unspecified atom stereocenters. The summed E-state index contributed by atoms with van der Waals surface area (Å²) in [7, 11) is 0. The second-order valence-electron chi connectivity index (χ2n) is 3.30. The van der Waals surface area contributed by atoms with E-state index in [1.54, 1.807) is 11.8 Å². The summed E-state index contributed by atoms with van der Waals surface area (Å²) in [5.74, 6) is -0.213. The fourth-order valence-corrected chi connectivity index (χ4v) is 1.46. The maximum atomic E-state index is 12.4. The topological polar surface area (TPSA) is 23.6 Å². The molecule has 0 saturated carbocycles. The molecule has 1 heterocycles. The molecule has 0 aromatic heterocycles. The molecule has 0 radical (unpaired) electrons. The Morgan fingerprint density at radius 3 is 2.31 bits per heavy atom. The average molecular weight is 186 g/mol. The van der Waals surface area contributed by atoms with Crippen LogP contribution in [0, 0.1) is 0 Å². The molecule has 0 spiro atoms.